The molecule has 4 N–H and O–H groups in total. The van der Waals surface area contributed by atoms with Crippen LogP contribution in [0.2, 0.25) is 0 Å². The molecule has 1 atom stereocenters. The molecule has 0 aliphatic heterocycles. The molecule has 0 radical (unpaired) electrons. The number of thioether (sulfide) groups is 1. The third-order valence-corrected chi connectivity index (χ3v) is 7.02. The molecule has 32 heavy (non-hydrogen) atoms. The fraction of sp³-hybridized carbons (Fsp3) is 0.174. The fourth-order valence-corrected chi connectivity index (χ4v) is 4.39. The molecule has 0 bridgehead atoms. The van der Waals surface area contributed by atoms with E-state index >= 15 is 0 Å². The molecule has 2 aromatic carbocycles. The molecular formula is C23H30N3O3PS2. The second-order valence-corrected chi connectivity index (χ2v) is 11.2. The number of aliphatic imine (C=N–C) groups is 1. The monoisotopic (exact) mass is 491 g/mol. The topological polar surface area (TPSA) is 105 Å². The van der Waals surface area contributed by atoms with Gasteiger partial charge in [-0.15, -0.1) is 0 Å². The Morgan fingerprint density at radius 3 is 2.19 bits per heavy atom. The summed E-state index contributed by atoms with van der Waals surface area (Å²) in [6.45, 7) is 9.59. The molecule has 0 spiro atoms. The summed E-state index contributed by atoms with van der Waals surface area (Å²) < 4.78 is 23.1. The molecule has 6 nitrogen and oxygen atoms in total. The SMILES string of the molecule is C.C=C(Nc1ccc(S(=O)(=O)P)cc1)SC(/C(C)=N\C(=C/C)c1ccc(O)cc1)=C(\C)N. The maximum atomic E-state index is 11.6. The summed E-state index contributed by atoms with van der Waals surface area (Å²) in [6.07, 6.45) is 1.89. The number of phenolic OH excluding ortho intramolecular Hbond substituents is 1. The number of rotatable bonds is 8. The summed E-state index contributed by atoms with van der Waals surface area (Å²) in [4.78, 5) is 5.70. The molecule has 0 heterocycles. The lowest BCUT2D eigenvalue weighted by Gasteiger charge is -2.14. The van der Waals surface area contributed by atoms with E-state index < -0.39 is 9.46 Å². The number of hydrogen-bond donors (Lipinski definition) is 3. The molecule has 0 aliphatic carbocycles. The maximum Gasteiger partial charge on any atom is 0.189 e. The average molecular weight is 492 g/mol. The van der Waals surface area contributed by atoms with Gasteiger partial charge in [-0.2, -0.15) is 0 Å². The number of nitrogens with one attached hydrogen (secondary N) is 1. The molecule has 0 saturated heterocycles. The number of allylic oxidation sites excluding steroid dienone is 3. The highest BCUT2D eigenvalue weighted by Crippen LogP contribution is 2.30. The molecule has 2 rings (SSSR count). The summed E-state index contributed by atoms with van der Waals surface area (Å²) in [5.74, 6) is 0.194. The van der Waals surface area contributed by atoms with E-state index in [1.807, 2.05) is 28.4 Å². The zero-order chi connectivity index (χ0) is 23.2. The molecule has 1 unspecified atom stereocenters. The Bertz CT molecular complexity index is 1150. The first kappa shape index (κ1) is 27.5. The molecular weight excluding hydrogens is 461 g/mol. The molecule has 0 saturated carbocycles. The molecule has 172 valence electrons. The lowest BCUT2D eigenvalue weighted by atomic mass is 10.1. The second-order valence-electron chi connectivity index (χ2n) is 6.65. The van der Waals surface area contributed by atoms with Crippen LogP contribution in [-0.2, 0) is 9.46 Å². The lowest BCUT2D eigenvalue weighted by Crippen LogP contribution is -2.06. The normalized spacial score (nSPS) is 13.1. The molecule has 0 fully saturated rings. The maximum absolute atomic E-state index is 11.6. The third-order valence-electron chi connectivity index (χ3n) is 4.10. The van der Waals surface area contributed by atoms with Crippen molar-refractivity contribution in [3.05, 3.63) is 82.4 Å². The molecule has 0 aliphatic rings. The van der Waals surface area contributed by atoms with Crippen molar-refractivity contribution in [1.82, 2.24) is 0 Å². The van der Waals surface area contributed by atoms with Crippen molar-refractivity contribution in [3.63, 3.8) is 0 Å². The van der Waals surface area contributed by atoms with Gasteiger partial charge in [-0.05, 0) is 77.7 Å². The minimum atomic E-state index is -3.33. The first-order chi connectivity index (χ1) is 14.5. The van der Waals surface area contributed by atoms with Crippen molar-refractivity contribution in [2.24, 2.45) is 10.7 Å². The fourth-order valence-electron chi connectivity index (χ4n) is 2.64. The zero-order valence-corrected chi connectivity index (χ0v) is 20.4. The highest BCUT2D eigenvalue weighted by molar-refractivity contribution is 8.37. The summed E-state index contributed by atoms with van der Waals surface area (Å²) in [5, 5.41) is 13.3. The Labute approximate surface area is 197 Å². The number of benzene rings is 2. The van der Waals surface area contributed by atoms with Gasteiger partial charge in [0.1, 0.15) is 5.75 Å². The van der Waals surface area contributed by atoms with Crippen molar-refractivity contribution in [1.29, 1.82) is 0 Å². The first-order valence-corrected chi connectivity index (χ1v) is 13.0. The van der Waals surface area contributed by atoms with E-state index in [2.05, 4.69) is 11.9 Å². The molecule has 0 amide bonds. The van der Waals surface area contributed by atoms with Crippen LogP contribution in [0.1, 0.15) is 33.8 Å². The van der Waals surface area contributed by atoms with Gasteiger partial charge < -0.3 is 16.2 Å². The van der Waals surface area contributed by atoms with Crippen molar-refractivity contribution in [2.45, 2.75) is 33.1 Å². The van der Waals surface area contributed by atoms with Crippen molar-refractivity contribution in [2.75, 3.05) is 5.32 Å². The minimum absolute atomic E-state index is 0. The zero-order valence-electron chi connectivity index (χ0n) is 17.6. The Morgan fingerprint density at radius 2 is 1.72 bits per heavy atom. The summed E-state index contributed by atoms with van der Waals surface area (Å²) >= 11 is 1.34. The first-order valence-electron chi connectivity index (χ1n) is 9.25. The van der Waals surface area contributed by atoms with Gasteiger partial charge in [-0.1, -0.05) is 31.8 Å². The average Bonchev–Trinajstić information content (AvgIpc) is 2.70. The lowest BCUT2D eigenvalue weighted by molar-refractivity contribution is 0.475. The van der Waals surface area contributed by atoms with Crippen LogP contribution >= 0.6 is 20.2 Å². The number of anilines is 1. The van der Waals surface area contributed by atoms with Crippen LogP contribution in [0.15, 0.2) is 86.7 Å². The molecule has 0 aromatic heterocycles. The van der Waals surface area contributed by atoms with E-state index in [1.54, 1.807) is 43.3 Å². The van der Waals surface area contributed by atoms with Gasteiger partial charge in [-0.25, -0.2) is 8.42 Å². The Hall–Kier alpha value is -2.54. The predicted octanol–water partition coefficient (Wildman–Crippen LogP) is 5.92. The van der Waals surface area contributed by atoms with Gasteiger partial charge in [0.25, 0.3) is 0 Å². The van der Waals surface area contributed by atoms with Gasteiger partial charge in [0.05, 0.1) is 26.2 Å². The van der Waals surface area contributed by atoms with E-state index in [9.17, 15) is 13.5 Å². The van der Waals surface area contributed by atoms with Gasteiger partial charge in [0.15, 0.2) is 9.46 Å². The third kappa shape index (κ3) is 7.86. The largest absolute Gasteiger partial charge is 0.508 e. The van der Waals surface area contributed by atoms with E-state index in [1.165, 1.54) is 23.9 Å². The van der Waals surface area contributed by atoms with Crippen LogP contribution < -0.4 is 11.1 Å². The quantitative estimate of drug-likeness (QED) is 0.313. The Morgan fingerprint density at radius 1 is 1.16 bits per heavy atom. The second kappa shape index (κ2) is 11.9. The highest BCUT2D eigenvalue weighted by Gasteiger charge is 2.11. The van der Waals surface area contributed by atoms with Crippen molar-refractivity contribution in [3.8, 4) is 5.75 Å². The van der Waals surface area contributed by atoms with E-state index in [0.29, 0.717) is 16.4 Å². The van der Waals surface area contributed by atoms with E-state index in [4.69, 9.17) is 10.7 Å². The summed E-state index contributed by atoms with van der Waals surface area (Å²) in [5.41, 5.74) is 9.76. The van der Waals surface area contributed by atoms with Gasteiger partial charge in [0, 0.05) is 16.9 Å². The smallest absolute Gasteiger partial charge is 0.189 e. The minimum Gasteiger partial charge on any atom is -0.508 e. The van der Waals surface area contributed by atoms with Crippen molar-refractivity contribution >= 4 is 46.8 Å². The molecule has 9 heteroatoms. The Balaban J connectivity index is 0.00000512. The Kier molecular flexibility index (Phi) is 10.2. The predicted molar refractivity (Wildman–Crippen MR) is 142 cm³/mol. The number of nitrogens with zero attached hydrogens (tertiary/aromatic N) is 1. The van der Waals surface area contributed by atoms with Crippen molar-refractivity contribution < 1.29 is 13.5 Å². The highest BCUT2D eigenvalue weighted by atomic mass is 32.7. The van der Waals surface area contributed by atoms with Crippen LogP contribution in [0.25, 0.3) is 5.70 Å². The van der Waals surface area contributed by atoms with Gasteiger partial charge >= 0.3 is 0 Å². The number of phenols is 1. The van der Waals surface area contributed by atoms with Gasteiger partial charge in [-0.3, -0.25) is 4.99 Å². The van der Waals surface area contributed by atoms with Crippen LogP contribution in [-0.4, -0.2) is 19.2 Å². The van der Waals surface area contributed by atoms with Crippen LogP contribution in [0.5, 0.6) is 5.75 Å². The van der Waals surface area contributed by atoms with Gasteiger partial charge in [0.2, 0.25) is 0 Å². The standard InChI is InChI=1S/C22H26N3O3PS2.CH4/c1-5-21(17-6-10-19(26)11-7-17)24-15(3)22(14(2)23)30-16(4)25-18-8-12-20(13-9-18)31(27,28)29;/h5-13,25-26H,4,23,29H2,1-3H3;1H4/b21-5-,22-14+,24-15-;. The van der Waals surface area contributed by atoms with Crippen LogP contribution in [0.4, 0.5) is 5.69 Å². The molecule has 2 aromatic rings. The van der Waals surface area contributed by atoms with Crippen LogP contribution in [0.3, 0.4) is 0 Å². The number of hydrogen-bond acceptors (Lipinski definition) is 7. The van der Waals surface area contributed by atoms with Crippen LogP contribution in [0, 0.1) is 0 Å². The van der Waals surface area contributed by atoms with E-state index in [-0.39, 0.29) is 18.1 Å². The summed E-state index contributed by atoms with van der Waals surface area (Å²) in [7, 11) is -1.50. The number of aromatic hydroxyl groups is 1. The van der Waals surface area contributed by atoms with E-state index in [0.717, 1.165) is 21.9 Å². The number of nitrogens with two attached hydrogens (primary N) is 1. The summed E-state index contributed by atoms with van der Waals surface area (Å²) in [6, 6.07) is 13.2.